The smallest absolute Gasteiger partial charge is 0.304 e. The Labute approximate surface area is 210 Å². The molecule has 2 atom stereocenters. The monoisotopic (exact) mass is 482 g/mol. The van der Waals surface area contributed by atoms with E-state index in [1.165, 1.54) is 16.7 Å². The van der Waals surface area contributed by atoms with Crippen LogP contribution in [0.3, 0.4) is 0 Å². The fraction of sp³-hybridized carbons (Fsp3) is 0.345. The Morgan fingerprint density at radius 1 is 1.17 bits per heavy atom. The van der Waals surface area contributed by atoms with Crippen molar-refractivity contribution in [3.05, 3.63) is 88.0 Å². The van der Waals surface area contributed by atoms with Crippen molar-refractivity contribution in [1.29, 1.82) is 0 Å². The second-order valence-corrected chi connectivity index (χ2v) is 9.95. The summed E-state index contributed by atoms with van der Waals surface area (Å²) in [4.78, 5) is 14.5. The highest BCUT2D eigenvalue weighted by molar-refractivity contribution is 5.80. The minimum Gasteiger partial charge on any atom is -0.492 e. The zero-order valence-electron chi connectivity index (χ0n) is 20.6. The summed E-state index contributed by atoms with van der Waals surface area (Å²) < 4.78 is 7.77. The molecule has 6 rings (SSSR count). The van der Waals surface area contributed by atoms with Crippen LogP contribution in [0.4, 0.5) is 0 Å². The van der Waals surface area contributed by atoms with Crippen LogP contribution in [0.25, 0.3) is 11.0 Å². The maximum atomic E-state index is 12.0. The molecule has 4 aromatic rings. The normalized spacial score (nSPS) is 18.3. The van der Waals surface area contributed by atoms with E-state index in [4.69, 9.17) is 4.74 Å². The van der Waals surface area contributed by atoms with Crippen molar-refractivity contribution in [2.45, 2.75) is 44.7 Å². The predicted octanol–water partition coefficient (Wildman–Crippen LogP) is 4.77. The van der Waals surface area contributed by atoms with Gasteiger partial charge in [0, 0.05) is 37.7 Å². The molecular formula is C29H30N4O3. The fourth-order valence-electron chi connectivity index (χ4n) is 6.02. The van der Waals surface area contributed by atoms with Gasteiger partial charge >= 0.3 is 5.97 Å². The first-order chi connectivity index (χ1) is 17.5. The lowest BCUT2D eigenvalue weighted by atomic mass is 9.84. The maximum Gasteiger partial charge on any atom is 0.304 e. The van der Waals surface area contributed by atoms with Crippen molar-refractivity contribution in [3.63, 3.8) is 0 Å². The van der Waals surface area contributed by atoms with Gasteiger partial charge in [-0.15, -0.1) is 5.10 Å². The SMILES string of the molecule is Cc1c(C(CC(=O)O)c2ccc3c(c2)C(N2CCOc4ccccc4C2)CC3)ccc2c1nnn2C. The van der Waals surface area contributed by atoms with Crippen LogP contribution in [-0.4, -0.2) is 44.1 Å². The molecule has 1 aliphatic heterocycles. The molecule has 7 heteroatoms. The highest BCUT2D eigenvalue weighted by Crippen LogP contribution is 2.41. The molecule has 0 bridgehead atoms. The molecule has 2 heterocycles. The Morgan fingerprint density at radius 3 is 2.89 bits per heavy atom. The lowest BCUT2D eigenvalue weighted by Crippen LogP contribution is -2.29. The standard InChI is InChI=1S/C29H30N4O3/c1-18-22(10-12-26-29(18)30-31-32(26)2)23(16-28(34)35)20-8-7-19-9-11-25(24(19)15-20)33-13-14-36-27-6-4-3-5-21(27)17-33/h3-8,10,12,15,23,25H,9,11,13-14,16-17H2,1-2H3,(H,34,35). The minimum absolute atomic E-state index is 0.0288. The average Bonchev–Trinajstić information content (AvgIpc) is 3.39. The summed E-state index contributed by atoms with van der Waals surface area (Å²) in [5.41, 5.74) is 8.70. The van der Waals surface area contributed by atoms with Crippen LogP contribution >= 0.6 is 0 Å². The number of ether oxygens (including phenoxy) is 1. The first kappa shape index (κ1) is 22.7. The molecule has 0 amide bonds. The van der Waals surface area contributed by atoms with Crippen LogP contribution < -0.4 is 4.74 Å². The van der Waals surface area contributed by atoms with Crippen molar-refractivity contribution in [1.82, 2.24) is 19.9 Å². The van der Waals surface area contributed by atoms with Gasteiger partial charge in [-0.25, -0.2) is 4.68 Å². The number of benzene rings is 3. The molecule has 1 aliphatic carbocycles. The fourth-order valence-corrected chi connectivity index (χ4v) is 6.02. The maximum absolute atomic E-state index is 12.0. The zero-order valence-corrected chi connectivity index (χ0v) is 20.6. The molecule has 36 heavy (non-hydrogen) atoms. The molecule has 0 spiro atoms. The molecule has 2 unspecified atom stereocenters. The number of aliphatic carboxylic acids is 1. The number of aryl methyl sites for hydroxylation is 3. The van der Waals surface area contributed by atoms with Crippen LogP contribution in [0, 0.1) is 6.92 Å². The molecule has 0 radical (unpaired) electrons. The van der Waals surface area contributed by atoms with E-state index in [1.54, 1.807) is 4.68 Å². The quantitative estimate of drug-likeness (QED) is 0.442. The third-order valence-electron chi connectivity index (χ3n) is 7.87. The third kappa shape index (κ3) is 3.93. The van der Waals surface area contributed by atoms with Crippen molar-refractivity contribution in [2.75, 3.05) is 13.2 Å². The van der Waals surface area contributed by atoms with Crippen LogP contribution in [0.15, 0.2) is 54.6 Å². The summed E-state index contributed by atoms with van der Waals surface area (Å²) in [6.07, 6.45) is 2.13. The Kier molecular flexibility index (Phi) is 5.72. The Hall–Kier alpha value is -3.71. The van der Waals surface area contributed by atoms with Gasteiger partial charge in [-0.05, 0) is 59.7 Å². The summed E-state index contributed by atoms with van der Waals surface area (Å²) in [7, 11) is 1.87. The van der Waals surface area contributed by atoms with Crippen molar-refractivity contribution in [3.8, 4) is 5.75 Å². The molecular weight excluding hydrogens is 452 g/mol. The molecule has 0 fully saturated rings. The molecule has 7 nitrogen and oxygen atoms in total. The van der Waals surface area contributed by atoms with Gasteiger partial charge in [0.05, 0.1) is 11.9 Å². The van der Waals surface area contributed by atoms with Gasteiger partial charge in [0.15, 0.2) is 0 Å². The van der Waals surface area contributed by atoms with E-state index in [-0.39, 0.29) is 12.3 Å². The van der Waals surface area contributed by atoms with Gasteiger partial charge in [-0.3, -0.25) is 9.69 Å². The molecule has 1 N–H and O–H groups in total. The Bertz CT molecular complexity index is 1460. The number of para-hydroxylation sites is 1. The van der Waals surface area contributed by atoms with E-state index >= 15 is 0 Å². The number of carboxylic acids is 1. The number of carboxylic acid groups (broad SMARTS) is 1. The van der Waals surface area contributed by atoms with Crippen molar-refractivity contribution < 1.29 is 14.6 Å². The number of carbonyl (C=O) groups is 1. The van der Waals surface area contributed by atoms with Gasteiger partial charge in [0.1, 0.15) is 17.9 Å². The van der Waals surface area contributed by atoms with E-state index in [0.29, 0.717) is 12.6 Å². The minimum atomic E-state index is -0.808. The lowest BCUT2D eigenvalue weighted by molar-refractivity contribution is -0.137. The predicted molar refractivity (Wildman–Crippen MR) is 137 cm³/mol. The lowest BCUT2D eigenvalue weighted by Gasteiger charge is -2.28. The zero-order chi connectivity index (χ0) is 24.8. The highest BCUT2D eigenvalue weighted by Gasteiger charge is 2.31. The summed E-state index contributed by atoms with van der Waals surface area (Å²) in [5, 5.41) is 18.3. The number of hydrogen-bond acceptors (Lipinski definition) is 5. The second-order valence-electron chi connectivity index (χ2n) is 9.95. The molecule has 1 aromatic heterocycles. The van der Waals surface area contributed by atoms with Crippen molar-refractivity contribution in [2.24, 2.45) is 7.05 Å². The molecule has 2 aliphatic rings. The molecule has 0 saturated carbocycles. The first-order valence-electron chi connectivity index (χ1n) is 12.6. The van der Waals surface area contributed by atoms with Gasteiger partial charge in [-0.1, -0.05) is 47.7 Å². The topological polar surface area (TPSA) is 80.5 Å². The Morgan fingerprint density at radius 2 is 2.03 bits per heavy atom. The number of fused-ring (bicyclic) bond motifs is 3. The third-order valence-corrected chi connectivity index (χ3v) is 7.87. The largest absolute Gasteiger partial charge is 0.492 e. The van der Waals surface area contributed by atoms with Crippen LogP contribution in [-0.2, 0) is 24.8 Å². The number of rotatable bonds is 5. The summed E-state index contributed by atoms with van der Waals surface area (Å²) in [5.74, 6) is -0.0889. The van der Waals surface area contributed by atoms with Crippen LogP contribution in [0.5, 0.6) is 5.75 Å². The first-order valence-corrected chi connectivity index (χ1v) is 12.6. The number of nitrogens with zero attached hydrogens (tertiary/aromatic N) is 4. The van der Waals surface area contributed by atoms with Crippen LogP contribution in [0.1, 0.15) is 58.2 Å². The Balaban J connectivity index is 1.38. The number of hydrogen-bond donors (Lipinski definition) is 1. The van der Waals surface area contributed by atoms with E-state index in [9.17, 15) is 9.90 Å². The van der Waals surface area contributed by atoms with E-state index in [2.05, 4.69) is 45.5 Å². The molecule has 184 valence electrons. The van der Waals surface area contributed by atoms with Gasteiger partial charge < -0.3 is 9.84 Å². The number of aromatic nitrogens is 3. The van der Waals surface area contributed by atoms with Crippen molar-refractivity contribution >= 4 is 17.0 Å². The average molecular weight is 483 g/mol. The van der Waals surface area contributed by atoms with E-state index < -0.39 is 5.97 Å². The van der Waals surface area contributed by atoms with Crippen LogP contribution in [0.2, 0.25) is 0 Å². The summed E-state index contributed by atoms with van der Waals surface area (Å²) in [6.45, 7) is 4.41. The van der Waals surface area contributed by atoms with Gasteiger partial charge in [0.25, 0.3) is 0 Å². The highest BCUT2D eigenvalue weighted by atomic mass is 16.5. The second kappa shape index (κ2) is 9.06. The molecule has 3 aromatic carbocycles. The van der Waals surface area contributed by atoms with Gasteiger partial charge in [-0.2, -0.15) is 0 Å². The van der Waals surface area contributed by atoms with E-state index in [0.717, 1.165) is 59.4 Å². The summed E-state index contributed by atoms with van der Waals surface area (Å²) in [6, 6.07) is 19.2. The van der Waals surface area contributed by atoms with E-state index in [1.807, 2.05) is 38.2 Å². The van der Waals surface area contributed by atoms with Gasteiger partial charge in [0.2, 0.25) is 0 Å². The summed E-state index contributed by atoms with van der Waals surface area (Å²) >= 11 is 0. The molecule has 0 saturated heterocycles.